The average molecular weight is 242 g/mol. The highest BCUT2D eigenvalue weighted by Gasteiger charge is 2.28. The fraction of sp³-hybridized carbons (Fsp3) is 0.467. The Labute approximate surface area is 107 Å². The first-order chi connectivity index (χ1) is 8.75. The van der Waals surface area contributed by atoms with E-state index in [0.717, 1.165) is 37.8 Å². The van der Waals surface area contributed by atoms with E-state index in [2.05, 4.69) is 17.2 Å². The Morgan fingerprint density at radius 2 is 2.17 bits per heavy atom. The maximum absolute atomic E-state index is 11.6. The third-order valence-corrected chi connectivity index (χ3v) is 3.70. The van der Waals surface area contributed by atoms with Gasteiger partial charge in [-0.2, -0.15) is 5.10 Å². The van der Waals surface area contributed by atoms with Crippen LogP contribution in [-0.4, -0.2) is 15.6 Å². The highest BCUT2D eigenvalue weighted by Crippen LogP contribution is 2.31. The third-order valence-electron chi connectivity index (χ3n) is 3.70. The first kappa shape index (κ1) is 11.5. The standard InChI is InChI=1S/C15H18N2O/c1-17-14-7-3-2-5-12(14)13(16-17)6-4-8-15(18)11-9-10-11/h2-3,5,7,11H,4,6,8-10H2,1H3. The molecule has 1 aromatic heterocycles. The second kappa shape index (κ2) is 4.56. The van der Waals surface area contributed by atoms with Crippen molar-refractivity contribution in [1.82, 2.24) is 9.78 Å². The van der Waals surface area contributed by atoms with Gasteiger partial charge in [-0.05, 0) is 31.7 Å². The van der Waals surface area contributed by atoms with Crippen molar-refractivity contribution in [2.45, 2.75) is 32.1 Å². The van der Waals surface area contributed by atoms with E-state index in [-0.39, 0.29) is 0 Å². The molecule has 0 saturated heterocycles. The molecule has 1 fully saturated rings. The highest BCUT2D eigenvalue weighted by molar-refractivity contribution is 5.83. The summed E-state index contributed by atoms with van der Waals surface area (Å²) in [6, 6.07) is 8.27. The molecule has 3 heteroatoms. The van der Waals surface area contributed by atoms with Gasteiger partial charge in [0, 0.05) is 24.8 Å². The van der Waals surface area contributed by atoms with Gasteiger partial charge in [0.15, 0.2) is 0 Å². The number of benzene rings is 1. The van der Waals surface area contributed by atoms with Gasteiger partial charge in [0.25, 0.3) is 0 Å². The van der Waals surface area contributed by atoms with Crippen molar-refractivity contribution in [1.29, 1.82) is 0 Å². The quantitative estimate of drug-likeness (QED) is 0.808. The highest BCUT2D eigenvalue weighted by atomic mass is 16.1. The fourth-order valence-corrected chi connectivity index (χ4v) is 2.51. The van der Waals surface area contributed by atoms with Gasteiger partial charge in [0.2, 0.25) is 0 Å². The lowest BCUT2D eigenvalue weighted by atomic mass is 10.1. The second-order valence-corrected chi connectivity index (χ2v) is 5.18. The van der Waals surface area contributed by atoms with Crippen molar-refractivity contribution in [3.63, 3.8) is 0 Å². The predicted octanol–water partition coefficient (Wildman–Crippen LogP) is 2.88. The number of hydrogen-bond donors (Lipinski definition) is 0. The Morgan fingerprint density at radius 3 is 2.94 bits per heavy atom. The van der Waals surface area contributed by atoms with Gasteiger partial charge in [-0.25, -0.2) is 0 Å². The molecular formula is C15H18N2O. The van der Waals surface area contributed by atoms with Crippen molar-refractivity contribution < 1.29 is 4.79 Å². The first-order valence-corrected chi connectivity index (χ1v) is 6.69. The number of rotatable bonds is 5. The number of fused-ring (bicyclic) bond motifs is 1. The van der Waals surface area contributed by atoms with Gasteiger partial charge < -0.3 is 0 Å². The molecule has 0 spiro atoms. The van der Waals surface area contributed by atoms with Gasteiger partial charge in [0.1, 0.15) is 5.78 Å². The normalized spacial score (nSPS) is 15.2. The largest absolute Gasteiger partial charge is 0.299 e. The summed E-state index contributed by atoms with van der Waals surface area (Å²) in [5.41, 5.74) is 2.29. The molecule has 2 aromatic rings. The van der Waals surface area contributed by atoms with Crippen LogP contribution in [0.15, 0.2) is 24.3 Å². The lowest BCUT2D eigenvalue weighted by Gasteiger charge is -1.98. The minimum absolute atomic E-state index is 0.394. The van der Waals surface area contributed by atoms with Gasteiger partial charge in [-0.1, -0.05) is 18.2 Å². The summed E-state index contributed by atoms with van der Waals surface area (Å²) >= 11 is 0. The minimum Gasteiger partial charge on any atom is -0.299 e. The number of nitrogens with zero attached hydrogens (tertiary/aromatic N) is 2. The van der Waals surface area contributed by atoms with E-state index < -0.39 is 0 Å². The summed E-state index contributed by atoms with van der Waals surface area (Å²) in [7, 11) is 1.97. The maximum atomic E-state index is 11.6. The molecule has 1 aromatic carbocycles. The summed E-state index contributed by atoms with van der Waals surface area (Å²) in [4.78, 5) is 11.6. The first-order valence-electron chi connectivity index (χ1n) is 6.69. The number of Topliss-reactive ketones (excluding diaryl/α,β-unsaturated/α-hetero) is 1. The Hall–Kier alpha value is -1.64. The van der Waals surface area contributed by atoms with Crippen LogP contribution in [0.3, 0.4) is 0 Å². The average Bonchev–Trinajstić information content (AvgIpc) is 3.17. The van der Waals surface area contributed by atoms with Gasteiger partial charge in [-0.15, -0.1) is 0 Å². The van der Waals surface area contributed by atoms with E-state index >= 15 is 0 Å². The van der Waals surface area contributed by atoms with Crippen molar-refractivity contribution in [3.05, 3.63) is 30.0 Å². The molecule has 0 bridgehead atoms. The Kier molecular flexibility index (Phi) is 2.90. The van der Waals surface area contributed by atoms with Crippen LogP contribution < -0.4 is 0 Å². The zero-order valence-corrected chi connectivity index (χ0v) is 10.7. The number of hydrogen-bond acceptors (Lipinski definition) is 2. The molecule has 3 nitrogen and oxygen atoms in total. The van der Waals surface area contributed by atoms with Crippen molar-refractivity contribution in [2.24, 2.45) is 13.0 Å². The van der Waals surface area contributed by atoms with Crippen LogP contribution in [0, 0.1) is 5.92 Å². The van der Waals surface area contributed by atoms with Crippen LogP contribution in [0.4, 0.5) is 0 Å². The van der Waals surface area contributed by atoms with E-state index in [9.17, 15) is 4.79 Å². The fourth-order valence-electron chi connectivity index (χ4n) is 2.51. The molecule has 0 unspecified atom stereocenters. The zero-order chi connectivity index (χ0) is 12.5. The third kappa shape index (κ3) is 2.17. The molecule has 0 aliphatic heterocycles. The summed E-state index contributed by atoms with van der Waals surface area (Å²) < 4.78 is 1.92. The number of aryl methyl sites for hydroxylation is 2. The Bertz CT molecular complexity index is 581. The molecule has 0 amide bonds. The molecule has 1 aliphatic rings. The van der Waals surface area contributed by atoms with E-state index in [1.165, 1.54) is 10.9 Å². The SMILES string of the molecule is Cn1nc(CCCC(=O)C2CC2)c2ccccc21. The number of aromatic nitrogens is 2. The van der Waals surface area contributed by atoms with E-state index in [4.69, 9.17) is 0 Å². The Balaban J connectivity index is 1.68. The van der Waals surface area contributed by atoms with Gasteiger partial charge in [-0.3, -0.25) is 9.48 Å². The van der Waals surface area contributed by atoms with Gasteiger partial charge in [0.05, 0.1) is 11.2 Å². The molecule has 1 saturated carbocycles. The number of para-hydroxylation sites is 1. The molecule has 1 aliphatic carbocycles. The zero-order valence-electron chi connectivity index (χ0n) is 10.7. The number of ketones is 1. The summed E-state index contributed by atoms with van der Waals surface area (Å²) in [5, 5.41) is 5.77. The van der Waals surface area contributed by atoms with Crippen molar-refractivity contribution in [2.75, 3.05) is 0 Å². The Morgan fingerprint density at radius 1 is 1.39 bits per heavy atom. The predicted molar refractivity (Wildman–Crippen MR) is 71.4 cm³/mol. The van der Waals surface area contributed by atoms with Gasteiger partial charge >= 0.3 is 0 Å². The summed E-state index contributed by atoms with van der Waals surface area (Å²) in [5.74, 6) is 0.848. The molecule has 94 valence electrons. The molecule has 18 heavy (non-hydrogen) atoms. The molecule has 0 atom stereocenters. The summed E-state index contributed by atoms with van der Waals surface area (Å²) in [6.07, 6.45) is 4.78. The minimum atomic E-state index is 0.394. The van der Waals surface area contributed by atoms with Crippen molar-refractivity contribution >= 4 is 16.7 Å². The second-order valence-electron chi connectivity index (χ2n) is 5.18. The molecule has 0 N–H and O–H groups in total. The summed E-state index contributed by atoms with van der Waals surface area (Å²) in [6.45, 7) is 0. The van der Waals surface area contributed by atoms with Crippen LogP contribution in [0.5, 0.6) is 0 Å². The van der Waals surface area contributed by atoms with Crippen LogP contribution in [0.2, 0.25) is 0 Å². The van der Waals surface area contributed by atoms with Crippen LogP contribution >= 0.6 is 0 Å². The van der Waals surface area contributed by atoms with E-state index in [1.807, 2.05) is 23.9 Å². The van der Waals surface area contributed by atoms with E-state index in [1.54, 1.807) is 0 Å². The van der Waals surface area contributed by atoms with Crippen molar-refractivity contribution in [3.8, 4) is 0 Å². The number of carbonyl (C=O) groups excluding carboxylic acids is 1. The number of carbonyl (C=O) groups is 1. The van der Waals surface area contributed by atoms with Crippen LogP contribution in [-0.2, 0) is 18.3 Å². The molecular weight excluding hydrogens is 224 g/mol. The van der Waals surface area contributed by atoms with Crippen LogP contribution in [0.1, 0.15) is 31.4 Å². The maximum Gasteiger partial charge on any atom is 0.135 e. The van der Waals surface area contributed by atoms with E-state index in [0.29, 0.717) is 11.7 Å². The molecule has 1 heterocycles. The topological polar surface area (TPSA) is 34.9 Å². The smallest absolute Gasteiger partial charge is 0.135 e. The molecule has 0 radical (unpaired) electrons. The monoisotopic (exact) mass is 242 g/mol. The lowest BCUT2D eigenvalue weighted by molar-refractivity contribution is -0.120. The lowest BCUT2D eigenvalue weighted by Crippen LogP contribution is -2.01. The van der Waals surface area contributed by atoms with Crippen LogP contribution in [0.25, 0.3) is 10.9 Å². The molecule has 3 rings (SSSR count).